The van der Waals surface area contributed by atoms with E-state index in [-0.39, 0.29) is 11.9 Å². The molecule has 0 radical (unpaired) electrons. The number of methoxy groups -OCH3 is 2. The summed E-state index contributed by atoms with van der Waals surface area (Å²) in [6.07, 6.45) is 0.793. The molecule has 0 saturated carbocycles. The molecule has 3 aromatic carbocycles. The molecule has 7 heteroatoms. The Labute approximate surface area is 205 Å². The summed E-state index contributed by atoms with van der Waals surface area (Å²) >= 11 is 5.79. The second kappa shape index (κ2) is 10.3. The molecule has 5 nitrogen and oxygen atoms in total. The Morgan fingerprint density at radius 2 is 1.65 bits per heavy atom. The highest BCUT2D eigenvalue weighted by Crippen LogP contribution is 2.38. The van der Waals surface area contributed by atoms with Crippen LogP contribution in [0.1, 0.15) is 28.3 Å². The lowest BCUT2D eigenvalue weighted by Crippen LogP contribution is -2.44. The van der Waals surface area contributed by atoms with Crippen molar-refractivity contribution >= 4 is 23.0 Å². The van der Waals surface area contributed by atoms with E-state index in [2.05, 4.69) is 30.1 Å². The highest BCUT2D eigenvalue weighted by Gasteiger charge is 2.31. The van der Waals surface area contributed by atoms with Crippen molar-refractivity contribution in [3.8, 4) is 17.2 Å². The van der Waals surface area contributed by atoms with E-state index in [9.17, 15) is 4.39 Å². The average Bonchev–Trinajstić information content (AvgIpc) is 2.82. The molecule has 34 heavy (non-hydrogen) atoms. The lowest BCUT2D eigenvalue weighted by Gasteiger charge is -2.39. The number of hydrogen-bond donors (Lipinski definition) is 1. The molecular weight excluding hydrogens is 451 g/mol. The highest BCUT2D eigenvalue weighted by molar-refractivity contribution is 7.80. The first kappa shape index (κ1) is 23.8. The summed E-state index contributed by atoms with van der Waals surface area (Å²) in [6, 6.07) is 16.3. The SMILES string of the molecule is COc1cc2c(cc1OC)C(COc1cc(C)cc(C)c1)N(C(=S)Nc1ccc(F)cc1)CC2. The van der Waals surface area contributed by atoms with Crippen LogP contribution >= 0.6 is 12.2 Å². The summed E-state index contributed by atoms with van der Waals surface area (Å²) < 4.78 is 30.7. The average molecular weight is 481 g/mol. The standard InChI is InChI=1S/C27H29FN2O3S/c1-17-11-18(2)13-22(12-17)33-16-24-23-15-26(32-4)25(31-3)14-19(23)9-10-30(24)27(34)29-21-7-5-20(28)6-8-21/h5-8,11-15,24H,9-10,16H2,1-4H3,(H,29,34). The summed E-state index contributed by atoms with van der Waals surface area (Å²) in [5, 5.41) is 3.80. The maximum absolute atomic E-state index is 13.3. The zero-order chi connectivity index (χ0) is 24.2. The van der Waals surface area contributed by atoms with Crippen LogP contribution in [0.25, 0.3) is 0 Å². The lowest BCUT2D eigenvalue weighted by atomic mass is 9.92. The van der Waals surface area contributed by atoms with E-state index in [1.165, 1.54) is 17.7 Å². The third-order valence-electron chi connectivity index (χ3n) is 5.96. The Hall–Kier alpha value is -3.32. The van der Waals surface area contributed by atoms with Gasteiger partial charge in [-0.05, 0) is 103 Å². The summed E-state index contributed by atoms with van der Waals surface area (Å²) in [5.74, 6) is 1.90. The summed E-state index contributed by atoms with van der Waals surface area (Å²) in [4.78, 5) is 2.12. The van der Waals surface area contributed by atoms with Gasteiger partial charge in [-0.2, -0.15) is 0 Å². The van der Waals surface area contributed by atoms with E-state index in [0.29, 0.717) is 29.8 Å². The molecule has 1 aliphatic rings. The first-order valence-electron chi connectivity index (χ1n) is 11.2. The minimum absolute atomic E-state index is 0.148. The monoisotopic (exact) mass is 480 g/mol. The number of ether oxygens (including phenoxy) is 3. The molecule has 1 heterocycles. The number of benzene rings is 3. The van der Waals surface area contributed by atoms with E-state index in [1.54, 1.807) is 26.4 Å². The van der Waals surface area contributed by atoms with Gasteiger partial charge >= 0.3 is 0 Å². The van der Waals surface area contributed by atoms with Gasteiger partial charge in [-0.25, -0.2) is 4.39 Å². The van der Waals surface area contributed by atoms with Crippen molar-refractivity contribution in [2.45, 2.75) is 26.3 Å². The van der Waals surface area contributed by atoms with E-state index in [0.717, 1.165) is 34.5 Å². The molecule has 3 aromatic rings. The van der Waals surface area contributed by atoms with Gasteiger partial charge in [0.2, 0.25) is 0 Å². The van der Waals surface area contributed by atoms with Crippen LogP contribution in [0.3, 0.4) is 0 Å². The molecule has 4 rings (SSSR count). The second-order valence-corrected chi connectivity index (χ2v) is 8.82. The number of nitrogens with zero attached hydrogens (tertiary/aromatic N) is 1. The molecule has 1 atom stereocenters. The Kier molecular flexibility index (Phi) is 7.22. The molecule has 1 unspecified atom stereocenters. The molecule has 1 N–H and O–H groups in total. The van der Waals surface area contributed by atoms with Crippen molar-refractivity contribution in [3.63, 3.8) is 0 Å². The number of thiocarbonyl (C=S) groups is 1. The van der Waals surface area contributed by atoms with Crippen LogP contribution in [0, 0.1) is 19.7 Å². The second-order valence-electron chi connectivity index (χ2n) is 8.44. The largest absolute Gasteiger partial charge is 0.493 e. The lowest BCUT2D eigenvalue weighted by molar-refractivity contribution is 0.190. The molecule has 178 valence electrons. The van der Waals surface area contributed by atoms with Gasteiger partial charge < -0.3 is 24.4 Å². The first-order chi connectivity index (χ1) is 16.4. The van der Waals surface area contributed by atoms with Gasteiger partial charge in [0.05, 0.1) is 20.3 Å². The van der Waals surface area contributed by atoms with Crippen molar-refractivity contribution in [1.82, 2.24) is 4.90 Å². The molecule has 0 spiro atoms. The molecule has 0 aromatic heterocycles. The minimum atomic E-state index is -0.288. The van der Waals surface area contributed by atoms with Crippen LogP contribution in [-0.4, -0.2) is 37.4 Å². The quantitative estimate of drug-likeness (QED) is 0.448. The van der Waals surface area contributed by atoms with Gasteiger partial charge in [0, 0.05) is 12.2 Å². The van der Waals surface area contributed by atoms with E-state index < -0.39 is 0 Å². The number of aryl methyl sites for hydroxylation is 2. The summed E-state index contributed by atoms with van der Waals surface area (Å²) in [5.41, 5.74) is 5.29. The number of fused-ring (bicyclic) bond motifs is 1. The number of rotatable bonds is 6. The fraction of sp³-hybridized carbons (Fsp3) is 0.296. The molecule has 0 aliphatic carbocycles. The fourth-order valence-corrected chi connectivity index (χ4v) is 4.71. The van der Waals surface area contributed by atoms with Crippen molar-refractivity contribution in [2.75, 3.05) is 32.7 Å². The molecule has 0 amide bonds. The number of halogens is 1. The van der Waals surface area contributed by atoms with Crippen LogP contribution in [0.5, 0.6) is 17.2 Å². The van der Waals surface area contributed by atoms with E-state index >= 15 is 0 Å². The predicted molar refractivity (Wildman–Crippen MR) is 137 cm³/mol. The maximum atomic E-state index is 13.3. The van der Waals surface area contributed by atoms with Gasteiger partial charge in [-0.3, -0.25) is 0 Å². The van der Waals surface area contributed by atoms with Crippen molar-refractivity contribution in [3.05, 3.63) is 82.7 Å². The number of nitrogens with one attached hydrogen (secondary N) is 1. The smallest absolute Gasteiger partial charge is 0.174 e. The maximum Gasteiger partial charge on any atom is 0.174 e. The minimum Gasteiger partial charge on any atom is -0.493 e. The van der Waals surface area contributed by atoms with Gasteiger partial charge in [0.1, 0.15) is 18.2 Å². The summed E-state index contributed by atoms with van der Waals surface area (Å²) in [7, 11) is 3.27. The Bertz CT molecular complexity index is 1160. The highest BCUT2D eigenvalue weighted by atomic mass is 32.1. The zero-order valence-electron chi connectivity index (χ0n) is 19.9. The van der Waals surface area contributed by atoms with Gasteiger partial charge in [0.25, 0.3) is 0 Å². The van der Waals surface area contributed by atoms with Crippen molar-refractivity contribution in [1.29, 1.82) is 0 Å². The third kappa shape index (κ3) is 5.25. The molecule has 0 fully saturated rings. The van der Waals surface area contributed by atoms with Crippen molar-refractivity contribution in [2.24, 2.45) is 0 Å². The summed E-state index contributed by atoms with van der Waals surface area (Å²) in [6.45, 7) is 5.22. The van der Waals surface area contributed by atoms with Gasteiger partial charge in [-0.15, -0.1) is 0 Å². The first-order valence-corrected chi connectivity index (χ1v) is 11.6. The predicted octanol–water partition coefficient (Wildman–Crippen LogP) is 5.83. The Morgan fingerprint density at radius 3 is 2.29 bits per heavy atom. The normalized spacial score (nSPS) is 14.9. The molecule has 0 bridgehead atoms. The van der Waals surface area contributed by atoms with Crippen LogP contribution in [0.4, 0.5) is 10.1 Å². The van der Waals surface area contributed by atoms with Gasteiger partial charge in [0.15, 0.2) is 16.6 Å². The topological polar surface area (TPSA) is 43.0 Å². The number of anilines is 1. The Balaban J connectivity index is 1.65. The van der Waals surface area contributed by atoms with Gasteiger partial charge in [-0.1, -0.05) is 6.07 Å². The molecular formula is C27H29FN2O3S. The zero-order valence-corrected chi connectivity index (χ0v) is 20.7. The van der Waals surface area contributed by atoms with Crippen LogP contribution in [-0.2, 0) is 6.42 Å². The number of hydrogen-bond acceptors (Lipinski definition) is 4. The van der Waals surface area contributed by atoms with Crippen LogP contribution in [0.15, 0.2) is 54.6 Å². The third-order valence-corrected chi connectivity index (χ3v) is 6.30. The van der Waals surface area contributed by atoms with E-state index in [1.807, 2.05) is 24.3 Å². The van der Waals surface area contributed by atoms with E-state index in [4.69, 9.17) is 26.4 Å². The Morgan fingerprint density at radius 1 is 1.00 bits per heavy atom. The van der Waals surface area contributed by atoms with Crippen LogP contribution < -0.4 is 19.5 Å². The molecule has 1 aliphatic heterocycles. The van der Waals surface area contributed by atoms with Crippen molar-refractivity contribution < 1.29 is 18.6 Å². The molecule has 0 saturated heterocycles. The fourth-order valence-electron chi connectivity index (χ4n) is 4.37. The van der Waals surface area contributed by atoms with Crippen LogP contribution in [0.2, 0.25) is 0 Å².